The molecule has 37 heavy (non-hydrogen) atoms. The van der Waals surface area contributed by atoms with Crippen molar-refractivity contribution in [3.8, 4) is 11.8 Å². The summed E-state index contributed by atoms with van der Waals surface area (Å²) in [5, 5.41) is 13.2. The quantitative estimate of drug-likeness (QED) is 0.243. The number of fused-ring (bicyclic) bond motifs is 1. The summed E-state index contributed by atoms with van der Waals surface area (Å²) in [5.41, 5.74) is 6.20. The third-order valence-electron chi connectivity index (χ3n) is 6.64. The Morgan fingerprint density at radius 2 is 1.89 bits per heavy atom. The van der Waals surface area contributed by atoms with Crippen LogP contribution in [0, 0.1) is 25.2 Å². The zero-order chi connectivity index (χ0) is 26.7. The van der Waals surface area contributed by atoms with Crippen LogP contribution in [-0.4, -0.2) is 37.1 Å². The van der Waals surface area contributed by atoms with Crippen LogP contribution < -0.4 is 10.2 Å². The first-order valence-corrected chi connectivity index (χ1v) is 13.3. The maximum Gasteiger partial charge on any atom is 0.341 e. The molecule has 4 rings (SSSR count). The summed E-state index contributed by atoms with van der Waals surface area (Å²) in [4.78, 5) is 29.1. The lowest BCUT2D eigenvalue weighted by Gasteiger charge is -2.15. The van der Waals surface area contributed by atoms with E-state index in [4.69, 9.17) is 4.74 Å². The van der Waals surface area contributed by atoms with Crippen LogP contribution in [-0.2, 0) is 22.4 Å². The summed E-state index contributed by atoms with van der Waals surface area (Å²) in [6.07, 6.45) is 5.34. The summed E-state index contributed by atoms with van der Waals surface area (Å²) in [6.45, 7) is 5.99. The average Bonchev–Trinajstić information content (AvgIpc) is 3.38. The number of nitrogens with one attached hydrogen (secondary N) is 1. The molecule has 0 bridgehead atoms. The van der Waals surface area contributed by atoms with Crippen LogP contribution in [0.3, 0.4) is 0 Å². The zero-order valence-corrected chi connectivity index (χ0v) is 22.8. The molecule has 1 amide bonds. The Morgan fingerprint density at radius 1 is 1.19 bits per heavy atom. The van der Waals surface area contributed by atoms with Crippen LogP contribution in [0.4, 0.5) is 10.7 Å². The van der Waals surface area contributed by atoms with Crippen molar-refractivity contribution in [3.63, 3.8) is 0 Å². The number of carbonyl (C=O) groups excluding carboxylic acids is 2. The lowest BCUT2D eigenvalue weighted by atomic mass is 9.95. The van der Waals surface area contributed by atoms with Crippen LogP contribution in [0.15, 0.2) is 35.9 Å². The first-order chi connectivity index (χ1) is 17.7. The molecule has 0 atom stereocenters. The van der Waals surface area contributed by atoms with Gasteiger partial charge in [-0.25, -0.2) is 4.79 Å². The SMILES string of the molecule is CCOC(=O)c1c(NC(=O)/C(C#N)=C\c2cc(C)n(-c3ccc(N(C)C)cc3)c2C)sc2c1CCCC2. The normalized spacial score (nSPS) is 13.0. The Kier molecular flexibility index (Phi) is 7.84. The number of rotatable bonds is 7. The second-order valence-electron chi connectivity index (χ2n) is 9.33. The zero-order valence-electron chi connectivity index (χ0n) is 22.0. The molecule has 0 spiro atoms. The molecule has 3 aromatic rings. The number of hydrogen-bond donors (Lipinski definition) is 1. The molecule has 1 aliphatic carbocycles. The molecule has 2 aromatic heterocycles. The molecule has 7 nitrogen and oxygen atoms in total. The topological polar surface area (TPSA) is 87.4 Å². The summed E-state index contributed by atoms with van der Waals surface area (Å²) in [5.74, 6) is -0.963. The van der Waals surface area contributed by atoms with Crippen LogP contribution in [0.2, 0.25) is 0 Å². The van der Waals surface area contributed by atoms with Gasteiger partial charge in [0.25, 0.3) is 5.91 Å². The Morgan fingerprint density at radius 3 is 2.54 bits per heavy atom. The van der Waals surface area contributed by atoms with E-state index in [0.717, 1.165) is 64.4 Å². The van der Waals surface area contributed by atoms with Gasteiger partial charge in [-0.3, -0.25) is 4.79 Å². The molecule has 1 aliphatic rings. The molecule has 0 radical (unpaired) electrons. The Bertz CT molecular complexity index is 1400. The van der Waals surface area contributed by atoms with Crippen LogP contribution >= 0.6 is 11.3 Å². The van der Waals surface area contributed by atoms with E-state index < -0.39 is 11.9 Å². The molecule has 0 unspecified atom stereocenters. The third kappa shape index (κ3) is 5.32. The molecule has 0 fully saturated rings. The molecule has 0 aliphatic heterocycles. The van der Waals surface area contributed by atoms with Gasteiger partial charge in [-0.2, -0.15) is 5.26 Å². The predicted molar refractivity (Wildman–Crippen MR) is 149 cm³/mol. The van der Waals surface area contributed by atoms with Gasteiger partial charge in [0.15, 0.2) is 0 Å². The fraction of sp³-hybridized carbons (Fsp3) is 0.345. The van der Waals surface area contributed by atoms with Crippen molar-refractivity contribution in [2.45, 2.75) is 46.5 Å². The number of ether oxygens (including phenoxy) is 1. The number of amides is 1. The van der Waals surface area contributed by atoms with Crippen molar-refractivity contribution in [2.24, 2.45) is 0 Å². The molecule has 2 heterocycles. The number of esters is 1. The maximum absolute atomic E-state index is 13.2. The number of benzene rings is 1. The average molecular weight is 517 g/mol. The fourth-order valence-electron chi connectivity index (χ4n) is 4.78. The largest absolute Gasteiger partial charge is 0.462 e. The van der Waals surface area contributed by atoms with Gasteiger partial charge >= 0.3 is 5.97 Å². The second kappa shape index (κ2) is 11.1. The lowest BCUT2D eigenvalue weighted by Crippen LogP contribution is -2.16. The monoisotopic (exact) mass is 516 g/mol. The Labute approximate surface area is 222 Å². The smallest absolute Gasteiger partial charge is 0.341 e. The molecular formula is C29H32N4O3S. The highest BCUT2D eigenvalue weighted by atomic mass is 32.1. The molecule has 8 heteroatoms. The maximum atomic E-state index is 13.2. The summed E-state index contributed by atoms with van der Waals surface area (Å²) in [6, 6.07) is 12.2. The van der Waals surface area contributed by atoms with Gasteiger partial charge in [-0.1, -0.05) is 0 Å². The number of thiophene rings is 1. The van der Waals surface area contributed by atoms with Crippen LogP contribution in [0.25, 0.3) is 11.8 Å². The Balaban J connectivity index is 1.64. The first kappa shape index (κ1) is 26.2. The van der Waals surface area contributed by atoms with Crippen molar-refractivity contribution in [3.05, 3.63) is 68.9 Å². The molecule has 1 N–H and O–H groups in total. The molecule has 1 aromatic carbocycles. The Hall–Kier alpha value is -3.83. The highest BCUT2D eigenvalue weighted by Crippen LogP contribution is 2.39. The third-order valence-corrected chi connectivity index (χ3v) is 7.84. The van der Waals surface area contributed by atoms with Gasteiger partial charge in [0.1, 0.15) is 16.6 Å². The number of hydrogen-bond acceptors (Lipinski definition) is 6. The molecule has 0 saturated heterocycles. The highest BCUT2D eigenvalue weighted by Gasteiger charge is 2.28. The van der Waals surface area contributed by atoms with Crippen LogP contribution in [0.5, 0.6) is 0 Å². The number of anilines is 2. The lowest BCUT2D eigenvalue weighted by molar-refractivity contribution is -0.112. The predicted octanol–water partition coefficient (Wildman–Crippen LogP) is 5.82. The molecule has 192 valence electrons. The van der Waals surface area contributed by atoms with E-state index in [0.29, 0.717) is 10.6 Å². The van der Waals surface area contributed by atoms with E-state index in [2.05, 4.69) is 34.1 Å². The van der Waals surface area contributed by atoms with E-state index in [1.807, 2.05) is 45.0 Å². The van der Waals surface area contributed by atoms with E-state index in [1.54, 1.807) is 13.0 Å². The van der Waals surface area contributed by atoms with E-state index in [-0.39, 0.29) is 12.2 Å². The van der Waals surface area contributed by atoms with E-state index in [1.165, 1.54) is 11.3 Å². The highest BCUT2D eigenvalue weighted by molar-refractivity contribution is 7.17. The van der Waals surface area contributed by atoms with Gasteiger partial charge in [-0.15, -0.1) is 11.3 Å². The van der Waals surface area contributed by atoms with Gasteiger partial charge in [0.05, 0.1) is 12.2 Å². The first-order valence-electron chi connectivity index (χ1n) is 12.5. The summed E-state index contributed by atoms with van der Waals surface area (Å²) >= 11 is 1.41. The second-order valence-corrected chi connectivity index (χ2v) is 10.4. The number of nitriles is 1. The van der Waals surface area contributed by atoms with Crippen LogP contribution in [0.1, 0.15) is 57.5 Å². The summed E-state index contributed by atoms with van der Waals surface area (Å²) < 4.78 is 7.38. The number of carbonyl (C=O) groups is 2. The van der Waals surface area contributed by atoms with Gasteiger partial charge < -0.3 is 19.5 Å². The molecule has 0 saturated carbocycles. The van der Waals surface area contributed by atoms with Gasteiger partial charge in [0.2, 0.25) is 0 Å². The van der Waals surface area contributed by atoms with Crippen molar-refractivity contribution in [1.82, 2.24) is 4.57 Å². The minimum Gasteiger partial charge on any atom is -0.462 e. The van der Waals surface area contributed by atoms with Crippen molar-refractivity contribution < 1.29 is 14.3 Å². The standard InChI is InChI=1S/C29H32N4O3S/c1-6-36-29(35)26-24-9-7-8-10-25(24)37-28(26)31-27(34)21(17-30)16-20-15-18(2)33(19(20)3)23-13-11-22(12-14-23)32(4)5/h11-16H,6-10H2,1-5H3,(H,31,34)/b21-16-. The van der Waals surface area contributed by atoms with Gasteiger partial charge in [-0.05, 0) is 94.0 Å². The summed E-state index contributed by atoms with van der Waals surface area (Å²) in [7, 11) is 4.00. The van der Waals surface area contributed by atoms with E-state index >= 15 is 0 Å². The minimum absolute atomic E-state index is 0.0237. The molecular weight excluding hydrogens is 484 g/mol. The van der Waals surface area contributed by atoms with Gasteiger partial charge in [0, 0.05) is 41.7 Å². The van der Waals surface area contributed by atoms with Crippen molar-refractivity contribution in [2.75, 3.05) is 30.9 Å². The van der Waals surface area contributed by atoms with Crippen molar-refractivity contribution in [1.29, 1.82) is 5.26 Å². The van der Waals surface area contributed by atoms with E-state index in [9.17, 15) is 14.9 Å². The number of aryl methyl sites for hydroxylation is 2. The fourth-order valence-corrected chi connectivity index (χ4v) is 6.05. The van der Waals surface area contributed by atoms with Crippen molar-refractivity contribution >= 4 is 40.0 Å². The minimum atomic E-state index is -0.535. The number of aromatic nitrogens is 1. The number of nitrogens with zero attached hydrogens (tertiary/aromatic N) is 3.